The molecule has 6 nitrogen and oxygen atoms in total. The van der Waals surface area contributed by atoms with Gasteiger partial charge < -0.3 is 14.5 Å². The lowest BCUT2D eigenvalue weighted by atomic mass is 9.86. The molecule has 30 heavy (non-hydrogen) atoms. The molecule has 0 radical (unpaired) electrons. The number of Topliss-reactive ketones (excluding diaryl/α,β-unsaturated/α-hetero) is 1. The summed E-state index contributed by atoms with van der Waals surface area (Å²) in [5.74, 6) is 1.54. The van der Waals surface area contributed by atoms with E-state index in [1.54, 1.807) is 29.2 Å². The summed E-state index contributed by atoms with van der Waals surface area (Å²) >= 11 is 0. The van der Waals surface area contributed by atoms with Crippen LogP contribution in [0.5, 0.6) is 5.75 Å². The molecule has 3 rings (SSSR count). The van der Waals surface area contributed by atoms with E-state index in [9.17, 15) is 14.4 Å². The van der Waals surface area contributed by atoms with Crippen molar-refractivity contribution in [2.75, 3.05) is 32.8 Å². The molecular weight excluding hydrogens is 380 g/mol. The number of nitrogens with zero attached hydrogens (tertiary/aromatic N) is 2. The van der Waals surface area contributed by atoms with Gasteiger partial charge in [0.25, 0.3) is 5.91 Å². The van der Waals surface area contributed by atoms with Crippen molar-refractivity contribution < 1.29 is 19.1 Å². The number of ether oxygens (including phenoxy) is 1. The van der Waals surface area contributed by atoms with Gasteiger partial charge in [0, 0.05) is 44.6 Å². The molecular formula is C24H34N2O4. The average molecular weight is 415 g/mol. The molecule has 1 aromatic carbocycles. The molecule has 1 aliphatic carbocycles. The summed E-state index contributed by atoms with van der Waals surface area (Å²) in [5, 5.41) is 0. The third kappa shape index (κ3) is 6.31. The average Bonchev–Trinajstić information content (AvgIpc) is 2.81. The largest absolute Gasteiger partial charge is 0.484 e. The van der Waals surface area contributed by atoms with E-state index in [1.165, 1.54) is 32.1 Å². The molecule has 2 amide bonds. The fourth-order valence-electron chi connectivity index (χ4n) is 4.34. The molecule has 1 aliphatic heterocycles. The van der Waals surface area contributed by atoms with Crippen LogP contribution in [0.3, 0.4) is 0 Å². The molecule has 1 heterocycles. The van der Waals surface area contributed by atoms with Crippen molar-refractivity contribution in [1.29, 1.82) is 0 Å². The maximum absolute atomic E-state index is 12.5. The van der Waals surface area contributed by atoms with Crippen molar-refractivity contribution >= 4 is 17.6 Å². The Balaban J connectivity index is 1.36. The number of hydrogen-bond donors (Lipinski definition) is 0. The van der Waals surface area contributed by atoms with Crippen LogP contribution in [0.4, 0.5) is 0 Å². The van der Waals surface area contributed by atoms with E-state index in [0.29, 0.717) is 50.3 Å². The normalized spacial score (nSPS) is 17.6. The second-order valence-corrected chi connectivity index (χ2v) is 8.39. The molecule has 0 unspecified atom stereocenters. The molecule has 2 fully saturated rings. The molecule has 2 aliphatic rings. The van der Waals surface area contributed by atoms with Gasteiger partial charge in [0.05, 0.1) is 0 Å². The number of amides is 2. The third-order valence-corrected chi connectivity index (χ3v) is 6.34. The summed E-state index contributed by atoms with van der Waals surface area (Å²) in [6.07, 6.45) is 8.61. The Morgan fingerprint density at radius 1 is 0.900 bits per heavy atom. The monoisotopic (exact) mass is 414 g/mol. The zero-order chi connectivity index (χ0) is 21.3. The highest BCUT2D eigenvalue weighted by atomic mass is 16.5. The second kappa shape index (κ2) is 11.1. The number of carbonyl (C=O) groups excluding carboxylic acids is 3. The molecule has 0 bridgehead atoms. The van der Waals surface area contributed by atoms with Gasteiger partial charge in [-0.05, 0) is 36.6 Å². The van der Waals surface area contributed by atoms with Crippen molar-refractivity contribution in [2.24, 2.45) is 5.92 Å². The molecule has 0 aromatic heterocycles. The highest BCUT2D eigenvalue weighted by molar-refractivity contribution is 5.95. The van der Waals surface area contributed by atoms with Crippen molar-refractivity contribution in [3.8, 4) is 5.75 Å². The Morgan fingerprint density at radius 2 is 1.50 bits per heavy atom. The van der Waals surface area contributed by atoms with Gasteiger partial charge >= 0.3 is 0 Å². The third-order valence-electron chi connectivity index (χ3n) is 6.34. The fourth-order valence-corrected chi connectivity index (χ4v) is 4.34. The van der Waals surface area contributed by atoms with Crippen LogP contribution >= 0.6 is 0 Å². The molecule has 1 aromatic rings. The first kappa shape index (κ1) is 22.3. The van der Waals surface area contributed by atoms with Gasteiger partial charge in [-0.3, -0.25) is 14.4 Å². The van der Waals surface area contributed by atoms with E-state index in [2.05, 4.69) is 0 Å². The minimum atomic E-state index is -0.0713. The Bertz CT molecular complexity index is 717. The highest BCUT2D eigenvalue weighted by Crippen LogP contribution is 2.27. The van der Waals surface area contributed by atoms with E-state index in [1.807, 2.05) is 11.8 Å². The molecule has 1 saturated heterocycles. The van der Waals surface area contributed by atoms with Gasteiger partial charge in [0.15, 0.2) is 12.4 Å². The Kier molecular flexibility index (Phi) is 8.29. The maximum Gasteiger partial charge on any atom is 0.260 e. The van der Waals surface area contributed by atoms with E-state index in [-0.39, 0.29) is 24.2 Å². The Morgan fingerprint density at radius 3 is 2.10 bits per heavy atom. The number of benzene rings is 1. The first-order valence-corrected chi connectivity index (χ1v) is 11.4. The van der Waals surface area contributed by atoms with Crippen LogP contribution in [-0.2, 0) is 9.59 Å². The summed E-state index contributed by atoms with van der Waals surface area (Å²) in [6, 6.07) is 6.89. The van der Waals surface area contributed by atoms with Gasteiger partial charge in [0.2, 0.25) is 5.91 Å². The zero-order valence-electron chi connectivity index (χ0n) is 18.1. The van der Waals surface area contributed by atoms with Crippen LogP contribution in [0.2, 0.25) is 0 Å². The quantitative estimate of drug-likeness (QED) is 0.609. The van der Waals surface area contributed by atoms with Gasteiger partial charge in [-0.2, -0.15) is 0 Å². The number of piperazine rings is 1. The highest BCUT2D eigenvalue weighted by Gasteiger charge is 2.25. The minimum absolute atomic E-state index is 0.0311. The predicted octanol–water partition coefficient (Wildman–Crippen LogP) is 3.69. The molecule has 0 atom stereocenters. The van der Waals surface area contributed by atoms with E-state index in [4.69, 9.17) is 4.74 Å². The summed E-state index contributed by atoms with van der Waals surface area (Å²) in [4.78, 5) is 40.3. The lowest BCUT2D eigenvalue weighted by molar-refractivity contribution is -0.140. The topological polar surface area (TPSA) is 66.9 Å². The van der Waals surface area contributed by atoms with Gasteiger partial charge in [0.1, 0.15) is 5.75 Å². The molecule has 164 valence electrons. The lowest BCUT2D eigenvalue weighted by Gasteiger charge is -2.35. The van der Waals surface area contributed by atoms with E-state index < -0.39 is 0 Å². The van der Waals surface area contributed by atoms with Crippen molar-refractivity contribution in [2.45, 2.75) is 58.3 Å². The zero-order valence-corrected chi connectivity index (χ0v) is 18.1. The van der Waals surface area contributed by atoms with Crippen molar-refractivity contribution in [1.82, 2.24) is 9.80 Å². The smallest absolute Gasteiger partial charge is 0.260 e. The van der Waals surface area contributed by atoms with Crippen molar-refractivity contribution in [3.63, 3.8) is 0 Å². The Hall–Kier alpha value is -2.37. The van der Waals surface area contributed by atoms with Crippen LogP contribution in [0.1, 0.15) is 68.6 Å². The van der Waals surface area contributed by atoms with Gasteiger partial charge in [-0.25, -0.2) is 0 Å². The summed E-state index contributed by atoms with van der Waals surface area (Å²) in [5.41, 5.74) is 0.653. The number of ketones is 1. The molecule has 0 spiro atoms. The van der Waals surface area contributed by atoms with Crippen LogP contribution in [0.15, 0.2) is 24.3 Å². The van der Waals surface area contributed by atoms with Crippen LogP contribution in [-0.4, -0.2) is 60.2 Å². The summed E-state index contributed by atoms with van der Waals surface area (Å²) in [6.45, 7) is 4.11. The summed E-state index contributed by atoms with van der Waals surface area (Å²) in [7, 11) is 0. The molecule has 0 N–H and O–H groups in total. The van der Waals surface area contributed by atoms with Gasteiger partial charge in [-0.1, -0.05) is 39.0 Å². The maximum atomic E-state index is 12.5. The second-order valence-electron chi connectivity index (χ2n) is 8.39. The Labute approximate surface area is 179 Å². The van der Waals surface area contributed by atoms with E-state index in [0.717, 1.165) is 12.3 Å². The molecule has 1 saturated carbocycles. The number of carbonyl (C=O) groups is 3. The lowest BCUT2D eigenvalue weighted by Crippen LogP contribution is -2.51. The van der Waals surface area contributed by atoms with Gasteiger partial charge in [-0.15, -0.1) is 0 Å². The van der Waals surface area contributed by atoms with Crippen LogP contribution < -0.4 is 4.74 Å². The minimum Gasteiger partial charge on any atom is -0.484 e. The first-order valence-electron chi connectivity index (χ1n) is 11.4. The SMILES string of the molecule is CCC(=O)c1ccc(OCC(=O)N2CCN(C(=O)CCC3CCCCC3)CC2)cc1. The van der Waals surface area contributed by atoms with Crippen LogP contribution in [0.25, 0.3) is 0 Å². The number of rotatable bonds is 8. The summed E-state index contributed by atoms with van der Waals surface area (Å²) < 4.78 is 5.59. The van der Waals surface area contributed by atoms with Crippen molar-refractivity contribution in [3.05, 3.63) is 29.8 Å². The molecule has 6 heteroatoms. The first-order chi connectivity index (χ1) is 14.6. The number of hydrogen-bond acceptors (Lipinski definition) is 4. The predicted molar refractivity (Wildman–Crippen MR) is 116 cm³/mol. The van der Waals surface area contributed by atoms with E-state index >= 15 is 0 Å². The standard InChI is InChI=1S/C24H34N2O4/c1-2-22(27)20-9-11-21(12-10-20)30-18-24(29)26-16-14-25(15-17-26)23(28)13-8-19-6-4-3-5-7-19/h9-12,19H,2-8,13-18H2,1H3. The van der Waals surface area contributed by atoms with Crippen LogP contribution in [0, 0.1) is 5.92 Å². The fraction of sp³-hybridized carbons (Fsp3) is 0.625.